The molecule has 0 aliphatic heterocycles. The van der Waals surface area contributed by atoms with Crippen molar-refractivity contribution < 1.29 is 9.18 Å². The van der Waals surface area contributed by atoms with Crippen molar-refractivity contribution in [2.24, 2.45) is 0 Å². The third kappa shape index (κ3) is 3.99. The zero-order chi connectivity index (χ0) is 21.1. The molecule has 0 aliphatic rings. The van der Waals surface area contributed by atoms with Crippen molar-refractivity contribution in [3.63, 3.8) is 0 Å². The van der Waals surface area contributed by atoms with Gasteiger partial charge in [0.2, 0.25) is 0 Å². The van der Waals surface area contributed by atoms with Gasteiger partial charge in [-0.15, -0.1) is 11.3 Å². The van der Waals surface area contributed by atoms with E-state index < -0.39 is 0 Å². The van der Waals surface area contributed by atoms with Gasteiger partial charge in [0, 0.05) is 23.3 Å². The summed E-state index contributed by atoms with van der Waals surface area (Å²) in [5, 5.41) is 10.1. The smallest absolute Gasteiger partial charge is 0.255 e. The number of amides is 1. The van der Waals surface area contributed by atoms with E-state index in [0.717, 1.165) is 22.0 Å². The van der Waals surface area contributed by atoms with Gasteiger partial charge in [-0.05, 0) is 49.7 Å². The molecule has 6 nitrogen and oxygen atoms in total. The summed E-state index contributed by atoms with van der Waals surface area (Å²) in [7, 11) is 0. The molecule has 1 unspecified atom stereocenters. The fraction of sp³-hybridized carbons (Fsp3) is 0.182. The lowest BCUT2D eigenvalue weighted by molar-refractivity contribution is 0.0939. The average molecular weight is 422 g/mol. The third-order valence-corrected chi connectivity index (χ3v) is 5.74. The maximum absolute atomic E-state index is 13.2. The molecule has 1 aromatic carbocycles. The zero-order valence-corrected chi connectivity index (χ0v) is 17.4. The van der Waals surface area contributed by atoms with Gasteiger partial charge < -0.3 is 5.32 Å². The second kappa shape index (κ2) is 8.54. The van der Waals surface area contributed by atoms with Crippen LogP contribution in [0.4, 0.5) is 4.39 Å². The Morgan fingerprint density at radius 1 is 1.23 bits per heavy atom. The molecule has 8 heteroatoms. The molecule has 0 saturated carbocycles. The number of aromatic nitrogens is 4. The molecule has 0 saturated heterocycles. The van der Waals surface area contributed by atoms with Crippen molar-refractivity contribution in [1.82, 2.24) is 25.1 Å². The topological polar surface area (TPSA) is 72.7 Å². The van der Waals surface area contributed by atoms with E-state index in [2.05, 4.69) is 20.4 Å². The SMILES string of the molecule is CCc1c(C(=O)NC(C)c2nc(-c3cccnc3)cs2)cnn1-c1ccc(F)cc1. The van der Waals surface area contributed by atoms with Gasteiger partial charge in [-0.2, -0.15) is 5.10 Å². The second-order valence-corrected chi connectivity index (χ2v) is 7.64. The maximum Gasteiger partial charge on any atom is 0.255 e. The highest BCUT2D eigenvalue weighted by atomic mass is 32.1. The molecular formula is C22H20FN5OS. The molecule has 0 bridgehead atoms. The number of hydrogen-bond donors (Lipinski definition) is 1. The molecule has 0 fully saturated rings. The van der Waals surface area contributed by atoms with Crippen LogP contribution in [0.3, 0.4) is 0 Å². The van der Waals surface area contributed by atoms with Gasteiger partial charge in [0.15, 0.2) is 0 Å². The van der Waals surface area contributed by atoms with E-state index in [9.17, 15) is 9.18 Å². The minimum atomic E-state index is -0.315. The minimum absolute atomic E-state index is 0.217. The first-order valence-corrected chi connectivity index (χ1v) is 10.4. The van der Waals surface area contributed by atoms with Gasteiger partial charge in [0.1, 0.15) is 10.8 Å². The zero-order valence-electron chi connectivity index (χ0n) is 16.5. The Morgan fingerprint density at radius 2 is 2.03 bits per heavy atom. The molecule has 1 atom stereocenters. The molecule has 4 aromatic rings. The van der Waals surface area contributed by atoms with Crippen LogP contribution in [-0.4, -0.2) is 25.7 Å². The lowest BCUT2D eigenvalue weighted by Crippen LogP contribution is -2.27. The number of nitrogens with zero attached hydrogens (tertiary/aromatic N) is 4. The Labute approximate surface area is 177 Å². The Kier molecular flexibility index (Phi) is 5.67. The summed E-state index contributed by atoms with van der Waals surface area (Å²) in [5.74, 6) is -0.532. The largest absolute Gasteiger partial charge is 0.343 e. The van der Waals surface area contributed by atoms with Gasteiger partial charge in [0.05, 0.1) is 34.9 Å². The number of pyridine rings is 1. The van der Waals surface area contributed by atoms with Gasteiger partial charge in [-0.25, -0.2) is 14.1 Å². The molecule has 1 N–H and O–H groups in total. The quantitative estimate of drug-likeness (QED) is 0.494. The van der Waals surface area contributed by atoms with Crippen LogP contribution in [0, 0.1) is 5.82 Å². The van der Waals surface area contributed by atoms with Crippen molar-refractivity contribution >= 4 is 17.2 Å². The first kappa shape index (κ1) is 19.9. The van der Waals surface area contributed by atoms with E-state index in [1.165, 1.54) is 23.5 Å². The van der Waals surface area contributed by atoms with Gasteiger partial charge >= 0.3 is 0 Å². The van der Waals surface area contributed by atoms with Crippen molar-refractivity contribution in [2.45, 2.75) is 26.3 Å². The summed E-state index contributed by atoms with van der Waals surface area (Å²) >= 11 is 1.49. The van der Waals surface area contributed by atoms with Crippen molar-refractivity contribution in [3.8, 4) is 16.9 Å². The molecule has 0 radical (unpaired) electrons. The highest BCUT2D eigenvalue weighted by molar-refractivity contribution is 7.10. The van der Waals surface area contributed by atoms with Crippen LogP contribution < -0.4 is 5.32 Å². The molecule has 0 spiro atoms. The van der Waals surface area contributed by atoms with Gasteiger partial charge in [0.25, 0.3) is 5.91 Å². The lowest BCUT2D eigenvalue weighted by Gasteiger charge is -2.12. The molecule has 4 rings (SSSR count). The number of rotatable bonds is 6. The Hall–Kier alpha value is -3.39. The molecule has 3 heterocycles. The van der Waals surface area contributed by atoms with Crippen LogP contribution in [0.5, 0.6) is 0 Å². The monoisotopic (exact) mass is 421 g/mol. The molecule has 1 amide bonds. The van der Waals surface area contributed by atoms with E-state index in [4.69, 9.17) is 0 Å². The molecule has 152 valence electrons. The Morgan fingerprint density at radius 3 is 2.73 bits per heavy atom. The molecule has 30 heavy (non-hydrogen) atoms. The summed E-state index contributed by atoms with van der Waals surface area (Å²) in [6.45, 7) is 3.86. The fourth-order valence-corrected chi connectivity index (χ4v) is 4.01. The van der Waals surface area contributed by atoms with Crippen LogP contribution in [0.15, 0.2) is 60.4 Å². The number of carbonyl (C=O) groups is 1. The summed E-state index contributed by atoms with van der Waals surface area (Å²) in [4.78, 5) is 21.7. The van der Waals surface area contributed by atoms with E-state index >= 15 is 0 Å². The van der Waals surface area contributed by atoms with Crippen LogP contribution in [0.2, 0.25) is 0 Å². The van der Waals surface area contributed by atoms with Crippen molar-refractivity contribution in [1.29, 1.82) is 0 Å². The van der Waals surface area contributed by atoms with E-state index in [1.54, 1.807) is 35.4 Å². The number of benzene rings is 1. The molecule has 0 aliphatic carbocycles. The maximum atomic E-state index is 13.2. The summed E-state index contributed by atoms with van der Waals surface area (Å²) in [6, 6.07) is 9.59. The van der Waals surface area contributed by atoms with E-state index in [1.807, 2.05) is 31.4 Å². The summed E-state index contributed by atoms with van der Waals surface area (Å²) < 4.78 is 14.9. The highest BCUT2D eigenvalue weighted by Crippen LogP contribution is 2.25. The summed E-state index contributed by atoms with van der Waals surface area (Å²) in [6.07, 6.45) is 5.64. The van der Waals surface area contributed by atoms with E-state index in [0.29, 0.717) is 17.7 Å². The molecular weight excluding hydrogens is 401 g/mol. The fourth-order valence-electron chi connectivity index (χ4n) is 3.18. The lowest BCUT2D eigenvalue weighted by atomic mass is 10.1. The third-order valence-electron chi connectivity index (χ3n) is 4.72. The first-order valence-electron chi connectivity index (χ1n) is 9.56. The second-order valence-electron chi connectivity index (χ2n) is 6.75. The Balaban J connectivity index is 1.53. The average Bonchev–Trinajstić information content (AvgIpc) is 3.42. The standard InChI is InChI=1S/C22H20FN5OS/c1-3-20-18(12-25-28(20)17-8-6-16(23)7-9-17)21(29)26-14(2)22-27-19(13-30-22)15-5-4-10-24-11-15/h4-14H,3H2,1-2H3,(H,26,29). The number of hydrogen-bond acceptors (Lipinski definition) is 5. The van der Waals surface area contributed by atoms with Crippen molar-refractivity contribution in [3.05, 3.63) is 82.5 Å². The van der Waals surface area contributed by atoms with Crippen LogP contribution in [-0.2, 0) is 6.42 Å². The van der Waals surface area contributed by atoms with Gasteiger partial charge in [-0.1, -0.05) is 6.92 Å². The molecule has 3 aromatic heterocycles. The Bertz CT molecular complexity index is 1150. The van der Waals surface area contributed by atoms with Crippen molar-refractivity contribution in [2.75, 3.05) is 0 Å². The van der Waals surface area contributed by atoms with E-state index in [-0.39, 0.29) is 17.8 Å². The first-order chi connectivity index (χ1) is 14.6. The minimum Gasteiger partial charge on any atom is -0.343 e. The normalized spacial score (nSPS) is 12.0. The number of halogens is 1. The number of thiazole rings is 1. The van der Waals surface area contributed by atoms with Gasteiger partial charge in [-0.3, -0.25) is 9.78 Å². The predicted octanol–water partition coefficient (Wildman–Crippen LogP) is 4.58. The highest BCUT2D eigenvalue weighted by Gasteiger charge is 2.20. The van der Waals surface area contributed by atoms with Crippen LogP contribution in [0.1, 0.15) is 40.9 Å². The summed E-state index contributed by atoms with van der Waals surface area (Å²) in [5.41, 5.74) is 3.75. The predicted molar refractivity (Wildman–Crippen MR) is 114 cm³/mol. The number of nitrogens with one attached hydrogen (secondary N) is 1. The number of carbonyl (C=O) groups excluding carboxylic acids is 1. The van der Waals surface area contributed by atoms with Crippen LogP contribution in [0.25, 0.3) is 16.9 Å². The van der Waals surface area contributed by atoms with Crippen LogP contribution >= 0.6 is 11.3 Å².